The van der Waals surface area contributed by atoms with Gasteiger partial charge in [0.05, 0.1) is 11.4 Å². The van der Waals surface area contributed by atoms with Crippen molar-refractivity contribution in [3.63, 3.8) is 0 Å². The first-order valence-corrected chi connectivity index (χ1v) is 5.45. The van der Waals surface area contributed by atoms with Gasteiger partial charge in [-0.2, -0.15) is 0 Å². The second-order valence-corrected chi connectivity index (χ2v) is 3.77. The lowest BCUT2D eigenvalue weighted by Gasteiger charge is -2.14. The fraction of sp³-hybridized carbons (Fsp3) is 0.308. The van der Waals surface area contributed by atoms with Gasteiger partial charge < -0.3 is 15.8 Å². The highest BCUT2D eigenvalue weighted by molar-refractivity contribution is 5.81. The number of nitrogen functional groups attached to an aromatic ring is 1. The number of carbonyl (C=O) groups excluding carboxylic acids is 1. The van der Waals surface area contributed by atoms with E-state index in [2.05, 4.69) is 11.9 Å². The summed E-state index contributed by atoms with van der Waals surface area (Å²) < 4.78 is 4.86. The van der Waals surface area contributed by atoms with Gasteiger partial charge in [0.15, 0.2) is 0 Å². The average molecular weight is 234 g/mol. The zero-order chi connectivity index (χ0) is 12.8. The van der Waals surface area contributed by atoms with Crippen molar-refractivity contribution < 1.29 is 9.53 Å². The topological polar surface area (TPSA) is 64.3 Å². The molecular formula is C13H18N2O2. The van der Waals surface area contributed by atoms with Crippen LogP contribution in [0.2, 0.25) is 0 Å². The minimum absolute atomic E-state index is 0.289. The Kier molecular flexibility index (Phi) is 4.57. The number of benzene rings is 1. The van der Waals surface area contributed by atoms with Crippen LogP contribution in [0.3, 0.4) is 0 Å². The summed E-state index contributed by atoms with van der Waals surface area (Å²) in [5, 5.41) is 3.16. The van der Waals surface area contributed by atoms with Gasteiger partial charge in [0.25, 0.3) is 0 Å². The molecule has 0 unspecified atom stereocenters. The van der Waals surface area contributed by atoms with Crippen molar-refractivity contribution in [2.45, 2.75) is 13.8 Å². The van der Waals surface area contributed by atoms with Crippen molar-refractivity contribution in [2.75, 3.05) is 24.2 Å². The number of hydrogen-bond donors (Lipinski definition) is 2. The van der Waals surface area contributed by atoms with Crippen LogP contribution in [0, 0.1) is 13.8 Å². The van der Waals surface area contributed by atoms with Crippen LogP contribution < -0.4 is 11.1 Å². The van der Waals surface area contributed by atoms with Gasteiger partial charge in [-0.1, -0.05) is 12.6 Å². The maximum atomic E-state index is 10.8. The molecule has 0 saturated heterocycles. The fourth-order valence-electron chi connectivity index (χ4n) is 1.46. The molecule has 0 radical (unpaired) electrons. The van der Waals surface area contributed by atoms with Crippen LogP contribution in [0.25, 0.3) is 0 Å². The molecule has 0 aliphatic rings. The van der Waals surface area contributed by atoms with E-state index < -0.39 is 5.97 Å². The summed E-state index contributed by atoms with van der Waals surface area (Å²) in [4.78, 5) is 10.8. The van der Waals surface area contributed by atoms with E-state index in [1.54, 1.807) is 0 Å². The van der Waals surface area contributed by atoms with E-state index in [-0.39, 0.29) is 6.61 Å². The average Bonchev–Trinajstić information content (AvgIpc) is 2.32. The lowest BCUT2D eigenvalue weighted by atomic mass is 10.1. The van der Waals surface area contributed by atoms with Crippen molar-refractivity contribution in [1.82, 2.24) is 0 Å². The molecule has 92 valence electrons. The highest BCUT2D eigenvalue weighted by Crippen LogP contribution is 2.25. The Morgan fingerprint density at radius 2 is 2.24 bits per heavy atom. The molecule has 0 atom stereocenters. The molecular weight excluding hydrogens is 216 g/mol. The molecule has 0 heterocycles. The molecule has 1 rings (SSSR count). The Labute approximate surface area is 101 Å². The second kappa shape index (κ2) is 5.94. The molecule has 1 aromatic carbocycles. The van der Waals surface area contributed by atoms with E-state index in [1.165, 1.54) is 5.56 Å². The van der Waals surface area contributed by atoms with Crippen molar-refractivity contribution in [3.05, 3.63) is 35.9 Å². The third-order valence-corrected chi connectivity index (χ3v) is 2.58. The Morgan fingerprint density at radius 1 is 1.53 bits per heavy atom. The van der Waals surface area contributed by atoms with E-state index in [9.17, 15) is 4.79 Å². The van der Waals surface area contributed by atoms with Gasteiger partial charge in [0.1, 0.15) is 6.61 Å². The minimum atomic E-state index is -0.416. The number of nitrogens with two attached hydrogens (primary N) is 1. The molecule has 0 spiro atoms. The zero-order valence-corrected chi connectivity index (χ0v) is 10.2. The van der Waals surface area contributed by atoms with Crippen molar-refractivity contribution in [1.29, 1.82) is 0 Å². The van der Waals surface area contributed by atoms with Gasteiger partial charge in [-0.3, -0.25) is 0 Å². The first-order chi connectivity index (χ1) is 8.06. The summed E-state index contributed by atoms with van der Waals surface area (Å²) in [6.45, 7) is 8.16. The van der Waals surface area contributed by atoms with E-state index in [1.807, 2.05) is 26.0 Å². The van der Waals surface area contributed by atoms with E-state index in [0.717, 1.165) is 17.3 Å². The summed E-state index contributed by atoms with van der Waals surface area (Å²) in [5.74, 6) is -0.416. The summed E-state index contributed by atoms with van der Waals surface area (Å²) in [5.41, 5.74) is 9.75. The van der Waals surface area contributed by atoms with Crippen LogP contribution in [-0.4, -0.2) is 19.1 Å². The molecule has 0 aromatic heterocycles. The molecule has 0 saturated carbocycles. The number of anilines is 2. The maximum absolute atomic E-state index is 10.8. The fourth-order valence-corrected chi connectivity index (χ4v) is 1.46. The molecule has 0 amide bonds. The van der Waals surface area contributed by atoms with Crippen molar-refractivity contribution in [3.8, 4) is 0 Å². The van der Waals surface area contributed by atoms with Crippen LogP contribution >= 0.6 is 0 Å². The molecule has 4 nitrogen and oxygen atoms in total. The number of ether oxygens (including phenoxy) is 1. The second-order valence-electron chi connectivity index (χ2n) is 3.77. The number of esters is 1. The number of hydrogen-bond acceptors (Lipinski definition) is 4. The minimum Gasteiger partial charge on any atom is -0.461 e. The molecule has 17 heavy (non-hydrogen) atoms. The normalized spacial score (nSPS) is 9.76. The van der Waals surface area contributed by atoms with Gasteiger partial charge in [0.2, 0.25) is 0 Å². The highest BCUT2D eigenvalue weighted by atomic mass is 16.5. The number of rotatable bonds is 5. The first kappa shape index (κ1) is 13.1. The molecule has 1 aromatic rings. The smallest absolute Gasteiger partial charge is 0.330 e. The van der Waals surface area contributed by atoms with Crippen LogP contribution in [0.15, 0.2) is 24.8 Å². The van der Waals surface area contributed by atoms with Crippen molar-refractivity contribution >= 4 is 17.3 Å². The standard InChI is InChI=1S/C13H18N2O2/c1-4-12(16)17-8-7-15-13-10(3)9(2)5-6-11(13)14/h4-6,15H,1,7-8,14H2,2-3H3. The van der Waals surface area contributed by atoms with Crippen LogP contribution in [0.5, 0.6) is 0 Å². The van der Waals surface area contributed by atoms with Gasteiger partial charge in [-0.15, -0.1) is 0 Å². The van der Waals surface area contributed by atoms with Gasteiger partial charge in [-0.05, 0) is 31.0 Å². The maximum Gasteiger partial charge on any atom is 0.330 e. The molecule has 0 aliphatic heterocycles. The number of carbonyl (C=O) groups is 1. The van der Waals surface area contributed by atoms with Crippen molar-refractivity contribution in [2.24, 2.45) is 0 Å². The SMILES string of the molecule is C=CC(=O)OCCNc1c(N)ccc(C)c1C. The lowest BCUT2D eigenvalue weighted by molar-refractivity contribution is -0.137. The summed E-state index contributed by atoms with van der Waals surface area (Å²) >= 11 is 0. The first-order valence-electron chi connectivity index (χ1n) is 5.45. The zero-order valence-electron chi connectivity index (χ0n) is 10.2. The molecule has 0 fully saturated rings. The van der Waals surface area contributed by atoms with Gasteiger partial charge in [0, 0.05) is 12.6 Å². The molecule has 0 aliphatic carbocycles. The highest BCUT2D eigenvalue weighted by Gasteiger charge is 2.05. The molecule has 3 N–H and O–H groups in total. The number of aryl methyl sites for hydroxylation is 1. The number of nitrogens with one attached hydrogen (secondary N) is 1. The monoisotopic (exact) mass is 234 g/mol. The summed E-state index contributed by atoms with van der Waals surface area (Å²) in [7, 11) is 0. The third-order valence-electron chi connectivity index (χ3n) is 2.58. The molecule has 0 bridgehead atoms. The van der Waals surface area contributed by atoms with Crippen LogP contribution in [0.1, 0.15) is 11.1 Å². The van der Waals surface area contributed by atoms with Gasteiger partial charge in [-0.25, -0.2) is 4.79 Å². The lowest BCUT2D eigenvalue weighted by Crippen LogP contribution is -2.14. The third kappa shape index (κ3) is 3.52. The Morgan fingerprint density at radius 3 is 2.88 bits per heavy atom. The molecule has 4 heteroatoms. The Bertz CT molecular complexity index is 428. The van der Waals surface area contributed by atoms with Gasteiger partial charge >= 0.3 is 5.97 Å². The summed E-state index contributed by atoms with van der Waals surface area (Å²) in [6, 6.07) is 3.84. The van der Waals surface area contributed by atoms with E-state index in [0.29, 0.717) is 12.2 Å². The predicted octanol–water partition coefficient (Wildman–Crippen LogP) is 2.03. The van der Waals surface area contributed by atoms with E-state index in [4.69, 9.17) is 10.5 Å². The van der Waals surface area contributed by atoms with E-state index >= 15 is 0 Å². The predicted molar refractivity (Wildman–Crippen MR) is 70.0 cm³/mol. The largest absolute Gasteiger partial charge is 0.461 e. The van der Waals surface area contributed by atoms with Crippen LogP contribution in [0.4, 0.5) is 11.4 Å². The van der Waals surface area contributed by atoms with Crippen LogP contribution in [-0.2, 0) is 9.53 Å². The summed E-state index contributed by atoms with van der Waals surface area (Å²) in [6.07, 6.45) is 1.15. The Balaban J connectivity index is 2.55. The quantitative estimate of drug-likeness (QED) is 0.354. The Hall–Kier alpha value is -1.97.